The van der Waals surface area contributed by atoms with Crippen LogP contribution in [0, 0.1) is 0 Å². The van der Waals surface area contributed by atoms with E-state index in [4.69, 9.17) is 0 Å². The van der Waals surface area contributed by atoms with Crippen LogP contribution in [0.15, 0.2) is 47.7 Å². The van der Waals surface area contributed by atoms with Crippen molar-refractivity contribution in [3.05, 3.63) is 58.8 Å². The summed E-state index contributed by atoms with van der Waals surface area (Å²) in [5, 5.41) is 0.611. The van der Waals surface area contributed by atoms with Gasteiger partial charge in [0.15, 0.2) is 0 Å². The maximum absolute atomic E-state index is 12.8. The first kappa shape index (κ1) is 13.3. The molecule has 2 aromatic heterocycles. The van der Waals surface area contributed by atoms with Crippen LogP contribution in [-0.2, 0) is 6.18 Å². The van der Waals surface area contributed by atoms with Crippen LogP contribution in [0.3, 0.4) is 0 Å². The van der Waals surface area contributed by atoms with Gasteiger partial charge in [0.25, 0.3) is 5.56 Å². The van der Waals surface area contributed by atoms with E-state index in [2.05, 4.69) is 15.0 Å². The number of halogens is 3. The first-order chi connectivity index (χ1) is 9.97. The summed E-state index contributed by atoms with van der Waals surface area (Å²) in [7, 11) is 0. The molecular formula is C14H8F3N3O. The van der Waals surface area contributed by atoms with Crippen molar-refractivity contribution in [2.75, 3.05) is 0 Å². The molecule has 0 saturated heterocycles. The predicted molar refractivity (Wildman–Crippen MR) is 70.6 cm³/mol. The van der Waals surface area contributed by atoms with Crippen LogP contribution < -0.4 is 5.56 Å². The largest absolute Gasteiger partial charge is 0.421 e. The first-order valence-electron chi connectivity index (χ1n) is 5.97. The Morgan fingerprint density at radius 2 is 1.86 bits per heavy atom. The lowest BCUT2D eigenvalue weighted by Gasteiger charge is -2.09. The number of alkyl halides is 3. The van der Waals surface area contributed by atoms with E-state index >= 15 is 0 Å². The molecule has 0 aliphatic rings. The number of hydrogen-bond acceptors (Lipinski definition) is 3. The highest BCUT2D eigenvalue weighted by molar-refractivity contribution is 5.91. The Bertz CT molecular complexity index is 866. The van der Waals surface area contributed by atoms with Crippen molar-refractivity contribution in [3.63, 3.8) is 0 Å². The average Bonchev–Trinajstić information content (AvgIpc) is 2.46. The molecule has 0 unspecified atom stereocenters. The summed E-state index contributed by atoms with van der Waals surface area (Å²) >= 11 is 0. The number of rotatable bonds is 1. The minimum atomic E-state index is -4.72. The fraction of sp³-hybridized carbons (Fsp3) is 0.0714. The molecule has 0 spiro atoms. The molecular weight excluding hydrogens is 283 g/mol. The molecule has 0 saturated carbocycles. The number of nitrogens with one attached hydrogen (secondary N) is 1. The smallest absolute Gasteiger partial charge is 0.328 e. The first-order valence-corrected chi connectivity index (χ1v) is 5.97. The van der Waals surface area contributed by atoms with Crippen LogP contribution in [0.25, 0.3) is 22.2 Å². The minimum absolute atomic E-state index is 0.181. The van der Waals surface area contributed by atoms with Gasteiger partial charge in [0.05, 0.1) is 11.2 Å². The highest BCUT2D eigenvalue weighted by atomic mass is 19.4. The fourth-order valence-electron chi connectivity index (χ4n) is 2.07. The van der Waals surface area contributed by atoms with Gasteiger partial charge in [-0.2, -0.15) is 13.2 Å². The highest BCUT2D eigenvalue weighted by Crippen LogP contribution is 2.30. The van der Waals surface area contributed by atoms with Crippen molar-refractivity contribution < 1.29 is 13.2 Å². The Labute approximate surface area is 116 Å². The fourth-order valence-corrected chi connectivity index (χ4v) is 2.07. The van der Waals surface area contributed by atoms with Gasteiger partial charge in [-0.15, -0.1) is 0 Å². The number of aromatic amines is 1. The van der Waals surface area contributed by atoms with E-state index in [1.807, 2.05) is 0 Å². The normalized spacial score (nSPS) is 11.8. The van der Waals surface area contributed by atoms with E-state index in [1.165, 1.54) is 12.5 Å². The molecule has 0 fully saturated rings. The molecule has 106 valence electrons. The minimum Gasteiger partial charge on any atom is -0.328 e. The van der Waals surface area contributed by atoms with Gasteiger partial charge in [0, 0.05) is 17.1 Å². The quantitative estimate of drug-likeness (QED) is 0.749. The molecule has 3 aromatic rings. The van der Waals surface area contributed by atoms with Crippen molar-refractivity contribution in [2.24, 2.45) is 0 Å². The lowest BCUT2D eigenvalue weighted by molar-refractivity contribution is -0.138. The Hall–Kier alpha value is -2.70. The zero-order chi connectivity index (χ0) is 15.0. The van der Waals surface area contributed by atoms with Gasteiger partial charge in [-0.1, -0.05) is 18.2 Å². The third-order valence-corrected chi connectivity index (χ3v) is 3.02. The van der Waals surface area contributed by atoms with Crippen molar-refractivity contribution in [3.8, 4) is 11.3 Å². The maximum Gasteiger partial charge on any atom is 0.421 e. The monoisotopic (exact) mass is 291 g/mol. The molecule has 0 aliphatic heterocycles. The molecule has 21 heavy (non-hydrogen) atoms. The second-order valence-electron chi connectivity index (χ2n) is 4.37. The van der Waals surface area contributed by atoms with Crippen LogP contribution in [0.5, 0.6) is 0 Å². The van der Waals surface area contributed by atoms with Crippen LogP contribution in [0.4, 0.5) is 13.2 Å². The zero-order valence-electron chi connectivity index (χ0n) is 10.5. The van der Waals surface area contributed by atoms with Gasteiger partial charge < -0.3 is 4.98 Å². The van der Waals surface area contributed by atoms with Gasteiger partial charge in [-0.3, -0.25) is 4.79 Å². The van der Waals surface area contributed by atoms with Crippen LogP contribution >= 0.6 is 0 Å². The number of benzene rings is 1. The van der Waals surface area contributed by atoms with Crippen molar-refractivity contribution in [1.82, 2.24) is 15.0 Å². The summed E-state index contributed by atoms with van der Waals surface area (Å²) in [5.74, 6) is 0. The number of fused-ring (bicyclic) bond motifs is 1. The molecule has 0 bridgehead atoms. The molecule has 2 heterocycles. The number of H-pyrrole nitrogens is 1. The SMILES string of the molecule is O=c1[nH]cc(-c2ncnc3ccccc23)cc1C(F)(F)F. The average molecular weight is 291 g/mol. The third-order valence-electron chi connectivity index (χ3n) is 3.02. The molecule has 1 N–H and O–H groups in total. The summed E-state index contributed by atoms with van der Waals surface area (Å²) in [4.78, 5) is 21.5. The summed E-state index contributed by atoms with van der Waals surface area (Å²) < 4.78 is 38.4. The Morgan fingerprint density at radius 1 is 1.10 bits per heavy atom. The number of aromatic nitrogens is 3. The number of nitrogens with zero attached hydrogens (tertiary/aromatic N) is 2. The molecule has 0 aliphatic carbocycles. The molecule has 0 radical (unpaired) electrons. The van der Waals surface area contributed by atoms with Crippen molar-refractivity contribution >= 4 is 10.9 Å². The Morgan fingerprint density at radius 3 is 2.62 bits per heavy atom. The summed E-state index contributed by atoms with van der Waals surface area (Å²) in [6.07, 6.45) is -2.23. The second-order valence-corrected chi connectivity index (χ2v) is 4.37. The van der Waals surface area contributed by atoms with Crippen LogP contribution in [0.2, 0.25) is 0 Å². The molecule has 3 rings (SSSR count). The van der Waals surface area contributed by atoms with E-state index in [1.54, 1.807) is 24.3 Å². The Kier molecular flexibility index (Phi) is 2.97. The summed E-state index contributed by atoms with van der Waals surface area (Å²) in [5.41, 5.74) is -1.29. The van der Waals surface area contributed by atoms with Gasteiger partial charge in [0.1, 0.15) is 11.9 Å². The topological polar surface area (TPSA) is 58.6 Å². The Balaban J connectivity index is 2.27. The zero-order valence-corrected chi connectivity index (χ0v) is 10.5. The summed E-state index contributed by atoms with van der Waals surface area (Å²) in [6, 6.07) is 7.76. The predicted octanol–water partition coefficient (Wildman–Crippen LogP) is 3.00. The molecule has 0 amide bonds. The lowest BCUT2D eigenvalue weighted by Crippen LogP contribution is -2.21. The highest BCUT2D eigenvalue weighted by Gasteiger charge is 2.34. The van der Waals surface area contributed by atoms with Crippen LogP contribution in [-0.4, -0.2) is 15.0 Å². The van der Waals surface area contributed by atoms with Gasteiger partial charge in [0.2, 0.25) is 0 Å². The van der Waals surface area contributed by atoms with E-state index in [9.17, 15) is 18.0 Å². The van der Waals surface area contributed by atoms with Crippen molar-refractivity contribution in [1.29, 1.82) is 0 Å². The van der Waals surface area contributed by atoms with E-state index in [-0.39, 0.29) is 5.56 Å². The van der Waals surface area contributed by atoms with E-state index in [0.717, 1.165) is 6.07 Å². The van der Waals surface area contributed by atoms with Gasteiger partial charge >= 0.3 is 6.18 Å². The standard InChI is InChI=1S/C14H8F3N3O/c15-14(16,17)10-5-8(6-18-13(10)21)12-9-3-1-2-4-11(9)19-7-20-12/h1-7H,(H,18,21). The van der Waals surface area contributed by atoms with Crippen molar-refractivity contribution in [2.45, 2.75) is 6.18 Å². The van der Waals surface area contributed by atoms with Crippen LogP contribution in [0.1, 0.15) is 5.56 Å². The number of para-hydroxylation sites is 1. The maximum atomic E-state index is 12.8. The van der Waals surface area contributed by atoms with E-state index < -0.39 is 17.3 Å². The molecule has 4 nitrogen and oxygen atoms in total. The van der Waals surface area contributed by atoms with E-state index in [0.29, 0.717) is 16.6 Å². The number of hydrogen-bond donors (Lipinski definition) is 1. The second kappa shape index (κ2) is 4.69. The third kappa shape index (κ3) is 2.37. The summed E-state index contributed by atoms with van der Waals surface area (Å²) in [6.45, 7) is 0. The molecule has 0 atom stereocenters. The lowest BCUT2D eigenvalue weighted by atomic mass is 10.1. The number of pyridine rings is 1. The van der Waals surface area contributed by atoms with Gasteiger partial charge in [-0.05, 0) is 12.1 Å². The van der Waals surface area contributed by atoms with Gasteiger partial charge in [-0.25, -0.2) is 9.97 Å². The molecule has 1 aromatic carbocycles. The molecule has 7 heteroatoms.